The quantitative estimate of drug-likeness (QED) is 0.123. The minimum atomic E-state index is -0.103. The predicted molar refractivity (Wildman–Crippen MR) is 135 cm³/mol. The lowest BCUT2D eigenvalue weighted by atomic mass is 10.0. The lowest BCUT2D eigenvalue weighted by molar-refractivity contribution is 0.102. The fourth-order valence-electron chi connectivity index (χ4n) is 3.29. The van der Waals surface area contributed by atoms with Crippen molar-refractivity contribution >= 4 is 40.0 Å². The third-order valence-corrected chi connectivity index (χ3v) is 6.14. The van der Waals surface area contributed by atoms with Crippen LogP contribution >= 0.6 is 11.8 Å². The number of rotatable bonds is 9. The van der Waals surface area contributed by atoms with Crippen LogP contribution in [0.15, 0.2) is 70.9 Å². The summed E-state index contributed by atoms with van der Waals surface area (Å²) in [5, 5.41) is 15.2. The van der Waals surface area contributed by atoms with Crippen molar-refractivity contribution in [1.29, 1.82) is 0 Å². The molecule has 0 saturated heterocycles. The number of fused-ring (bicyclic) bond motifs is 1. The number of aromatic nitrogens is 3. The van der Waals surface area contributed by atoms with Gasteiger partial charge in [0.25, 0.3) is 5.95 Å². The molecule has 0 radical (unpaired) electrons. The maximum Gasteiger partial charge on any atom is 0.264 e. The van der Waals surface area contributed by atoms with Crippen molar-refractivity contribution in [1.82, 2.24) is 14.9 Å². The van der Waals surface area contributed by atoms with E-state index in [0.717, 1.165) is 22.0 Å². The number of carbonyl (C=O) groups excluding carboxylic acids is 1. The molecule has 10 heteroatoms. The summed E-state index contributed by atoms with van der Waals surface area (Å²) in [6, 6.07) is 19.3. The second kappa shape index (κ2) is 10.3. The van der Waals surface area contributed by atoms with Crippen LogP contribution < -0.4 is 20.7 Å². The number of nitrogens with one attached hydrogen (secondary N) is 1. The summed E-state index contributed by atoms with van der Waals surface area (Å²) in [6.45, 7) is 1.89. The predicted octanol–water partition coefficient (Wildman–Crippen LogP) is 3.97. The number of nitrogens with two attached hydrogens (primary N) is 1. The summed E-state index contributed by atoms with van der Waals surface area (Å²) in [5.74, 6) is 7.44. The molecule has 0 fully saturated rings. The van der Waals surface area contributed by atoms with Gasteiger partial charge in [0, 0.05) is 5.56 Å². The molecule has 34 heavy (non-hydrogen) atoms. The highest BCUT2D eigenvalue weighted by atomic mass is 32.2. The van der Waals surface area contributed by atoms with E-state index in [2.05, 4.69) is 45.0 Å². The zero-order chi connectivity index (χ0) is 24.1. The monoisotopic (exact) mass is 476 g/mol. The Morgan fingerprint density at radius 2 is 1.74 bits per heavy atom. The standard InChI is InChI=1S/C24H24N6O3S/c1-15(17-9-8-16-6-4-5-7-18(16)12-17)26-27-23-28-29-24(30(23)25)34-14-20(31)19-10-11-21(32-2)22(13-19)33-3/h4-13H,14,25H2,1-3H3,(H,27,28)/b26-15+. The Morgan fingerprint density at radius 1 is 1.00 bits per heavy atom. The fourth-order valence-corrected chi connectivity index (χ4v) is 4.04. The number of ether oxygens (including phenoxy) is 2. The number of carbonyl (C=O) groups is 1. The number of methoxy groups -OCH3 is 2. The van der Waals surface area contributed by atoms with Crippen molar-refractivity contribution in [3.63, 3.8) is 0 Å². The number of nitrogen functional groups attached to an aromatic ring is 1. The van der Waals surface area contributed by atoms with E-state index in [9.17, 15) is 4.79 Å². The number of anilines is 1. The van der Waals surface area contributed by atoms with Gasteiger partial charge in [0.2, 0.25) is 5.16 Å². The van der Waals surface area contributed by atoms with E-state index in [4.69, 9.17) is 15.3 Å². The molecule has 0 saturated carbocycles. The molecule has 0 aliphatic heterocycles. The lowest BCUT2D eigenvalue weighted by Gasteiger charge is -2.09. The smallest absolute Gasteiger partial charge is 0.264 e. The van der Waals surface area contributed by atoms with E-state index in [-0.39, 0.29) is 17.5 Å². The molecule has 1 aromatic heterocycles. The van der Waals surface area contributed by atoms with Gasteiger partial charge < -0.3 is 15.3 Å². The second-order valence-electron chi connectivity index (χ2n) is 7.33. The molecule has 0 amide bonds. The van der Waals surface area contributed by atoms with Crippen LogP contribution in [0.3, 0.4) is 0 Å². The van der Waals surface area contributed by atoms with Gasteiger partial charge in [-0.2, -0.15) is 5.10 Å². The summed E-state index contributed by atoms with van der Waals surface area (Å²) in [4.78, 5) is 12.6. The molecule has 0 atom stereocenters. The number of nitrogens with zero attached hydrogens (tertiary/aromatic N) is 4. The minimum Gasteiger partial charge on any atom is -0.493 e. The zero-order valence-electron chi connectivity index (χ0n) is 19.0. The minimum absolute atomic E-state index is 0.103. The Hall–Kier alpha value is -4.05. The van der Waals surface area contributed by atoms with Gasteiger partial charge in [-0.05, 0) is 47.5 Å². The maximum absolute atomic E-state index is 12.6. The van der Waals surface area contributed by atoms with Crippen LogP contribution in [0, 0.1) is 0 Å². The van der Waals surface area contributed by atoms with E-state index >= 15 is 0 Å². The first-order valence-electron chi connectivity index (χ1n) is 10.4. The Labute approximate surface area is 200 Å². The topological polar surface area (TPSA) is 117 Å². The molecule has 0 bridgehead atoms. The molecular weight excluding hydrogens is 452 g/mol. The van der Waals surface area contributed by atoms with E-state index in [1.165, 1.54) is 23.5 Å². The van der Waals surface area contributed by atoms with Gasteiger partial charge in [0.15, 0.2) is 17.3 Å². The number of benzene rings is 3. The number of Topliss-reactive ketones (excluding diaryl/α,β-unsaturated/α-hetero) is 1. The molecule has 9 nitrogen and oxygen atoms in total. The van der Waals surface area contributed by atoms with Crippen LogP contribution in [0.25, 0.3) is 10.8 Å². The number of hydrogen-bond donors (Lipinski definition) is 2. The Bertz CT molecular complexity index is 1370. The van der Waals surface area contributed by atoms with Crippen LogP contribution in [0.5, 0.6) is 11.5 Å². The lowest BCUT2D eigenvalue weighted by Crippen LogP contribution is -2.14. The van der Waals surface area contributed by atoms with E-state index in [0.29, 0.717) is 22.2 Å². The highest BCUT2D eigenvalue weighted by Gasteiger charge is 2.15. The molecule has 0 aliphatic carbocycles. The van der Waals surface area contributed by atoms with E-state index < -0.39 is 0 Å². The molecular formula is C24H24N6O3S. The van der Waals surface area contributed by atoms with Crippen LogP contribution in [-0.2, 0) is 0 Å². The molecule has 4 rings (SSSR count). The fraction of sp³-hybridized carbons (Fsp3) is 0.167. The highest BCUT2D eigenvalue weighted by molar-refractivity contribution is 7.99. The van der Waals surface area contributed by atoms with Gasteiger partial charge in [-0.15, -0.1) is 10.2 Å². The second-order valence-corrected chi connectivity index (χ2v) is 8.27. The van der Waals surface area contributed by atoms with E-state index in [1.54, 1.807) is 25.3 Å². The summed E-state index contributed by atoms with van der Waals surface area (Å²) in [7, 11) is 3.07. The third kappa shape index (κ3) is 4.96. The van der Waals surface area contributed by atoms with Crippen molar-refractivity contribution in [3.05, 3.63) is 71.8 Å². The van der Waals surface area contributed by atoms with Gasteiger partial charge in [-0.3, -0.25) is 4.79 Å². The van der Waals surface area contributed by atoms with Gasteiger partial charge in [0.05, 0.1) is 25.7 Å². The number of hydrazone groups is 1. The van der Waals surface area contributed by atoms with Gasteiger partial charge in [0.1, 0.15) is 0 Å². The van der Waals surface area contributed by atoms with Crippen molar-refractivity contribution < 1.29 is 14.3 Å². The first-order chi connectivity index (χ1) is 16.5. The molecule has 3 N–H and O–H groups in total. The largest absolute Gasteiger partial charge is 0.493 e. The van der Waals surface area contributed by atoms with Crippen LogP contribution in [-0.4, -0.2) is 46.3 Å². The molecule has 3 aromatic carbocycles. The molecule has 4 aromatic rings. The maximum atomic E-state index is 12.6. The summed E-state index contributed by atoms with van der Waals surface area (Å²) < 4.78 is 11.7. The summed E-state index contributed by atoms with van der Waals surface area (Å²) in [5.41, 5.74) is 5.10. The number of ketones is 1. The van der Waals surface area contributed by atoms with Crippen molar-refractivity contribution in [2.45, 2.75) is 12.1 Å². The van der Waals surface area contributed by atoms with Crippen molar-refractivity contribution in [2.75, 3.05) is 31.2 Å². The zero-order valence-corrected chi connectivity index (χ0v) is 19.8. The van der Waals surface area contributed by atoms with Gasteiger partial charge in [-0.1, -0.05) is 48.2 Å². The normalized spacial score (nSPS) is 11.4. The van der Waals surface area contributed by atoms with Crippen LogP contribution in [0.1, 0.15) is 22.8 Å². The molecule has 1 heterocycles. The third-order valence-electron chi connectivity index (χ3n) is 5.19. The van der Waals surface area contributed by atoms with Gasteiger partial charge >= 0.3 is 0 Å². The average molecular weight is 477 g/mol. The summed E-state index contributed by atoms with van der Waals surface area (Å²) in [6.07, 6.45) is 0. The SMILES string of the molecule is COc1ccc(C(=O)CSc2nnc(N/N=C(\C)c3ccc4ccccc4c3)n2N)cc1OC. The molecule has 0 aliphatic rings. The first-order valence-corrected chi connectivity index (χ1v) is 11.4. The average Bonchev–Trinajstić information content (AvgIpc) is 3.23. The van der Waals surface area contributed by atoms with Crippen molar-refractivity contribution in [3.8, 4) is 11.5 Å². The van der Waals surface area contributed by atoms with Crippen molar-refractivity contribution in [2.24, 2.45) is 5.10 Å². The molecule has 0 unspecified atom stereocenters. The molecule has 0 spiro atoms. The first kappa shape index (κ1) is 23.1. The van der Waals surface area contributed by atoms with Gasteiger partial charge in [-0.25, -0.2) is 10.1 Å². The molecule has 174 valence electrons. The van der Waals surface area contributed by atoms with Crippen LogP contribution in [0.2, 0.25) is 0 Å². The Balaban J connectivity index is 1.41. The Kier molecular flexibility index (Phi) is 6.98. The van der Waals surface area contributed by atoms with Crippen LogP contribution in [0.4, 0.5) is 5.95 Å². The Morgan fingerprint density at radius 3 is 2.50 bits per heavy atom. The number of hydrogen-bond acceptors (Lipinski definition) is 9. The van der Waals surface area contributed by atoms with E-state index in [1.807, 2.05) is 25.1 Å². The number of thioether (sulfide) groups is 1. The summed E-state index contributed by atoms with van der Waals surface area (Å²) >= 11 is 1.18. The highest BCUT2D eigenvalue weighted by Crippen LogP contribution is 2.28.